The number of hydrogen-bond acceptors (Lipinski definition) is 10. The van der Waals surface area contributed by atoms with Crippen molar-refractivity contribution in [3.63, 3.8) is 0 Å². The molecule has 0 bridgehead atoms. The Kier molecular flexibility index (Phi) is 5.98. The Morgan fingerprint density at radius 1 is 1.32 bits per heavy atom. The van der Waals surface area contributed by atoms with Crippen LogP contribution in [0.5, 0.6) is 5.75 Å². The summed E-state index contributed by atoms with van der Waals surface area (Å²) in [5.41, 5.74) is 9.32. The smallest absolute Gasteiger partial charge is 0.294 e. The third kappa shape index (κ3) is 4.43. The predicted molar refractivity (Wildman–Crippen MR) is 114 cm³/mol. The summed E-state index contributed by atoms with van der Waals surface area (Å²) in [6, 6.07) is 10.9. The number of benzene rings is 1. The number of ether oxygens (including phenoxy) is 1. The van der Waals surface area contributed by atoms with E-state index < -0.39 is 5.91 Å². The van der Waals surface area contributed by atoms with Crippen molar-refractivity contribution in [2.24, 2.45) is 5.10 Å². The zero-order chi connectivity index (χ0) is 21.6. The average Bonchev–Trinajstić information content (AvgIpc) is 3.53. The molecule has 31 heavy (non-hydrogen) atoms. The number of carbonyl (C=O) groups excluding carboxylic acids is 1. The van der Waals surface area contributed by atoms with Crippen LogP contribution < -0.4 is 15.9 Å². The van der Waals surface area contributed by atoms with Crippen LogP contribution in [0.15, 0.2) is 51.5 Å². The molecule has 11 nitrogen and oxygen atoms in total. The lowest BCUT2D eigenvalue weighted by Crippen LogP contribution is -2.19. The number of nitrogens with one attached hydrogen (secondary N) is 1. The number of amides is 1. The summed E-state index contributed by atoms with van der Waals surface area (Å²) in [6.07, 6.45) is 2.44. The molecule has 0 saturated carbocycles. The Labute approximate surface area is 180 Å². The molecule has 1 amide bonds. The van der Waals surface area contributed by atoms with E-state index in [2.05, 4.69) is 35.8 Å². The fraction of sp³-hybridized carbons (Fsp3) is 0.158. The second-order valence-corrected chi connectivity index (χ2v) is 7.24. The van der Waals surface area contributed by atoms with E-state index in [9.17, 15) is 4.79 Å². The van der Waals surface area contributed by atoms with Gasteiger partial charge < -0.3 is 10.5 Å². The molecule has 0 radical (unpaired) electrons. The van der Waals surface area contributed by atoms with E-state index in [1.807, 2.05) is 24.4 Å². The fourth-order valence-electron chi connectivity index (χ4n) is 2.68. The molecule has 3 N–H and O–H groups in total. The van der Waals surface area contributed by atoms with Crippen LogP contribution in [0.3, 0.4) is 0 Å². The summed E-state index contributed by atoms with van der Waals surface area (Å²) >= 11 is 1.50. The van der Waals surface area contributed by atoms with Crippen LogP contribution in [0.1, 0.15) is 28.7 Å². The Hall–Kier alpha value is -4.06. The average molecular weight is 438 g/mol. The van der Waals surface area contributed by atoms with Crippen molar-refractivity contribution in [1.29, 1.82) is 0 Å². The largest absolute Gasteiger partial charge is 0.494 e. The first-order valence-electron chi connectivity index (χ1n) is 9.31. The van der Waals surface area contributed by atoms with Gasteiger partial charge in [0.15, 0.2) is 5.69 Å². The van der Waals surface area contributed by atoms with Gasteiger partial charge in [0, 0.05) is 10.4 Å². The van der Waals surface area contributed by atoms with Crippen molar-refractivity contribution in [2.45, 2.75) is 13.3 Å². The van der Waals surface area contributed by atoms with Gasteiger partial charge in [-0.1, -0.05) is 18.2 Å². The molecule has 4 aromatic rings. The molecular formula is C19H18N8O3S. The third-order valence-electron chi connectivity index (χ3n) is 4.08. The van der Waals surface area contributed by atoms with Crippen LogP contribution in [0.4, 0.5) is 5.82 Å². The first kappa shape index (κ1) is 20.2. The van der Waals surface area contributed by atoms with E-state index in [1.165, 1.54) is 16.0 Å². The van der Waals surface area contributed by atoms with Crippen LogP contribution in [0.25, 0.3) is 17.1 Å². The first-order chi connectivity index (χ1) is 15.2. The van der Waals surface area contributed by atoms with E-state index in [0.29, 0.717) is 23.6 Å². The van der Waals surface area contributed by atoms with Gasteiger partial charge in [0.05, 0.1) is 12.8 Å². The standard InChI is InChI=1S/C19H18N8O3S/c1-2-9-29-13-7-5-12(6-8-13)16-15(19(28)23-21-11-14-4-3-10-31-14)22-26-27(16)18-17(20)24-30-25-18/h3-8,10-11H,2,9H2,1H3,(H2,20,24)(H,23,28). The Balaban J connectivity index is 1.68. The summed E-state index contributed by atoms with van der Waals surface area (Å²) in [7, 11) is 0. The molecule has 0 aliphatic carbocycles. The van der Waals surface area contributed by atoms with Crippen LogP contribution >= 0.6 is 11.3 Å². The number of thiophene rings is 1. The maximum atomic E-state index is 12.8. The Morgan fingerprint density at radius 2 is 2.16 bits per heavy atom. The maximum absolute atomic E-state index is 12.8. The highest BCUT2D eigenvalue weighted by molar-refractivity contribution is 7.11. The Bertz CT molecular complexity index is 1180. The van der Waals surface area contributed by atoms with Gasteiger partial charge in [-0.15, -0.1) is 16.4 Å². The molecule has 0 unspecified atom stereocenters. The van der Waals surface area contributed by atoms with Crippen molar-refractivity contribution in [3.05, 3.63) is 52.3 Å². The Morgan fingerprint density at radius 3 is 2.84 bits per heavy atom. The van der Waals surface area contributed by atoms with Gasteiger partial charge in [0.1, 0.15) is 11.4 Å². The number of hydrazone groups is 1. The topological polar surface area (TPSA) is 146 Å². The highest BCUT2D eigenvalue weighted by Gasteiger charge is 2.25. The van der Waals surface area contributed by atoms with Gasteiger partial charge in [-0.25, -0.2) is 10.1 Å². The van der Waals surface area contributed by atoms with E-state index in [4.69, 9.17) is 10.5 Å². The van der Waals surface area contributed by atoms with Gasteiger partial charge in [-0.3, -0.25) is 4.79 Å². The van der Waals surface area contributed by atoms with Crippen molar-refractivity contribution in [3.8, 4) is 22.8 Å². The van der Waals surface area contributed by atoms with Crippen LogP contribution in [0, 0.1) is 0 Å². The number of rotatable bonds is 8. The number of hydrogen-bond donors (Lipinski definition) is 2. The van der Waals surface area contributed by atoms with Crippen molar-refractivity contribution < 1.29 is 14.2 Å². The minimum atomic E-state index is -0.546. The minimum Gasteiger partial charge on any atom is -0.494 e. The molecule has 0 spiro atoms. The molecule has 158 valence electrons. The second-order valence-electron chi connectivity index (χ2n) is 6.26. The van der Waals surface area contributed by atoms with E-state index in [1.54, 1.807) is 30.5 Å². The number of nitrogens with zero attached hydrogens (tertiary/aromatic N) is 6. The maximum Gasteiger partial charge on any atom is 0.294 e. The molecule has 1 aromatic carbocycles. The molecule has 0 fully saturated rings. The minimum absolute atomic E-state index is 0.0109. The summed E-state index contributed by atoms with van der Waals surface area (Å²) in [4.78, 5) is 13.7. The zero-order valence-corrected chi connectivity index (χ0v) is 17.2. The number of carbonyl (C=O) groups is 1. The predicted octanol–water partition coefficient (Wildman–Crippen LogP) is 2.51. The van der Waals surface area contributed by atoms with E-state index >= 15 is 0 Å². The monoisotopic (exact) mass is 438 g/mol. The summed E-state index contributed by atoms with van der Waals surface area (Å²) in [5, 5.41) is 21.3. The summed E-state index contributed by atoms with van der Waals surface area (Å²) < 4.78 is 11.6. The highest BCUT2D eigenvalue weighted by atomic mass is 32.1. The lowest BCUT2D eigenvalue weighted by molar-refractivity contribution is 0.0950. The molecule has 12 heteroatoms. The fourth-order valence-corrected chi connectivity index (χ4v) is 3.27. The van der Waals surface area contributed by atoms with Gasteiger partial charge in [0.2, 0.25) is 11.6 Å². The van der Waals surface area contributed by atoms with Crippen LogP contribution in [-0.2, 0) is 0 Å². The van der Waals surface area contributed by atoms with Crippen molar-refractivity contribution in [1.82, 2.24) is 30.7 Å². The van der Waals surface area contributed by atoms with Crippen LogP contribution in [0.2, 0.25) is 0 Å². The molecule has 4 rings (SSSR count). The quantitative estimate of drug-likeness (QED) is 0.315. The molecule has 0 saturated heterocycles. The van der Waals surface area contributed by atoms with Crippen LogP contribution in [-0.4, -0.2) is 44.0 Å². The van der Waals surface area contributed by atoms with Crippen molar-refractivity contribution >= 4 is 29.3 Å². The molecule has 0 aliphatic heterocycles. The summed E-state index contributed by atoms with van der Waals surface area (Å²) in [6.45, 7) is 2.64. The summed E-state index contributed by atoms with van der Waals surface area (Å²) in [5.74, 6) is 0.292. The number of aromatic nitrogens is 5. The highest BCUT2D eigenvalue weighted by Crippen LogP contribution is 2.28. The second kappa shape index (κ2) is 9.17. The van der Waals surface area contributed by atoms with Gasteiger partial charge >= 0.3 is 0 Å². The number of anilines is 1. The molecule has 3 aromatic heterocycles. The third-order valence-corrected chi connectivity index (χ3v) is 4.89. The SMILES string of the molecule is CCCOc1ccc(-c2c(C(=O)NN=Cc3cccs3)nnn2-c2nonc2N)cc1. The molecular weight excluding hydrogens is 420 g/mol. The number of nitrogen functional groups attached to an aromatic ring is 1. The van der Waals surface area contributed by atoms with E-state index in [0.717, 1.165) is 11.3 Å². The molecule has 0 atom stereocenters. The van der Waals surface area contributed by atoms with Gasteiger partial charge in [-0.2, -0.15) is 9.78 Å². The normalized spacial score (nSPS) is 11.1. The lowest BCUT2D eigenvalue weighted by atomic mass is 10.1. The number of nitrogens with two attached hydrogens (primary N) is 1. The van der Waals surface area contributed by atoms with E-state index in [-0.39, 0.29) is 17.3 Å². The molecule has 0 aliphatic rings. The zero-order valence-electron chi connectivity index (χ0n) is 16.4. The first-order valence-corrected chi connectivity index (χ1v) is 10.2. The van der Waals surface area contributed by atoms with Gasteiger partial charge in [0.25, 0.3) is 5.91 Å². The van der Waals surface area contributed by atoms with Crippen molar-refractivity contribution in [2.75, 3.05) is 12.3 Å². The molecule has 3 heterocycles. The lowest BCUT2D eigenvalue weighted by Gasteiger charge is -2.08. The van der Waals surface area contributed by atoms with Gasteiger partial charge in [-0.05, 0) is 52.4 Å².